The molecule has 25 heavy (non-hydrogen) atoms. The van der Waals surface area contributed by atoms with Crippen LogP contribution in [0.25, 0.3) is 0 Å². The lowest BCUT2D eigenvalue weighted by Gasteiger charge is -2.58. The summed E-state index contributed by atoms with van der Waals surface area (Å²) in [7, 11) is 0. The molecule has 0 spiro atoms. The van der Waals surface area contributed by atoms with Crippen LogP contribution in [0.4, 0.5) is 0 Å². The summed E-state index contributed by atoms with van der Waals surface area (Å²) in [5.41, 5.74) is 0.557. The Morgan fingerprint density at radius 1 is 1.32 bits per heavy atom. The maximum absolute atomic E-state index is 12.3. The molecule has 1 saturated heterocycles. The molecule has 0 aromatic rings. The van der Waals surface area contributed by atoms with E-state index in [0.717, 1.165) is 18.4 Å². The van der Waals surface area contributed by atoms with Crippen LogP contribution in [0, 0.1) is 22.7 Å². The van der Waals surface area contributed by atoms with E-state index in [-0.39, 0.29) is 29.2 Å². The summed E-state index contributed by atoms with van der Waals surface area (Å²) in [6.45, 7) is 6.25. The summed E-state index contributed by atoms with van der Waals surface area (Å²) in [4.78, 5) is 24.1. The van der Waals surface area contributed by atoms with Crippen molar-refractivity contribution in [1.82, 2.24) is 0 Å². The molecule has 0 unspecified atom stereocenters. The zero-order chi connectivity index (χ0) is 18.0. The number of hydrogen-bond donors (Lipinski definition) is 1. The van der Waals surface area contributed by atoms with Crippen molar-refractivity contribution in [2.75, 3.05) is 0 Å². The summed E-state index contributed by atoms with van der Waals surface area (Å²) in [6, 6.07) is 0. The quantitative estimate of drug-likeness (QED) is 0.616. The zero-order valence-corrected chi connectivity index (χ0v) is 14.8. The lowest BCUT2D eigenvalue weighted by atomic mass is 9.46. The van der Waals surface area contributed by atoms with Gasteiger partial charge < -0.3 is 14.6 Å². The van der Waals surface area contributed by atoms with Crippen LogP contribution in [0.1, 0.15) is 40.0 Å². The molecule has 2 heterocycles. The molecule has 0 bridgehead atoms. The van der Waals surface area contributed by atoms with Crippen molar-refractivity contribution in [3.05, 3.63) is 35.6 Å². The fourth-order valence-corrected chi connectivity index (χ4v) is 5.58. The highest BCUT2D eigenvalue weighted by Gasteiger charge is 2.67. The number of cyclic esters (lactones) is 1. The first-order valence-electron chi connectivity index (χ1n) is 8.97. The van der Waals surface area contributed by atoms with Crippen molar-refractivity contribution in [2.24, 2.45) is 22.7 Å². The molecular formula is C20H24O5. The van der Waals surface area contributed by atoms with Crippen LogP contribution < -0.4 is 0 Å². The lowest BCUT2D eigenvalue weighted by Crippen LogP contribution is -2.61. The smallest absolute Gasteiger partial charge is 0.342 e. The van der Waals surface area contributed by atoms with Gasteiger partial charge in [-0.2, -0.15) is 0 Å². The van der Waals surface area contributed by atoms with Crippen molar-refractivity contribution in [2.45, 2.75) is 52.2 Å². The van der Waals surface area contributed by atoms with Gasteiger partial charge in [0.2, 0.25) is 0 Å². The van der Waals surface area contributed by atoms with Gasteiger partial charge in [0.1, 0.15) is 6.10 Å². The Kier molecular flexibility index (Phi) is 3.52. The average molecular weight is 344 g/mol. The molecule has 0 aromatic carbocycles. The first-order valence-corrected chi connectivity index (χ1v) is 8.97. The average Bonchev–Trinajstić information content (AvgIpc) is 3.11. The predicted molar refractivity (Wildman–Crippen MR) is 90.0 cm³/mol. The van der Waals surface area contributed by atoms with Crippen molar-refractivity contribution < 1.29 is 24.2 Å². The third-order valence-electron chi connectivity index (χ3n) is 7.23. The van der Waals surface area contributed by atoms with E-state index in [1.807, 2.05) is 19.1 Å². The van der Waals surface area contributed by atoms with Crippen LogP contribution >= 0.6 is 0 Å². The molecule has 1 saturated carbocycles. The summed E-state index contributed by atoms with van der Waals surface area (Å²) in [5, 5.41) is 10.9. The second-order valence-corrected chi connectivity index (χ2v) is 8.21. The second kappa shape index (κ2) is 5.31. The predicted octanol–water partition coefficient (Wildman–Crippen LogP) is 2.66. The fourth-order valence-electron chi connectivity index (χ4n) is 5.58. The highest BCUT2D eigenvalue weighted by molar-refractivity contribution is 5.94. The molecule has 0 amide bonds. The Morgan fingerprint density at radius 2 is 2.08 bits per heavy atom. The molecule has 0 aromatic heterocycles. The summed E-state index contributed by atoms with van der Waals surface area (Å²) < 4.78 is 10.5. The van der Waals surface area contributed by atoms with E-state index in [0.29, 0.717) is 12.0 Å². The highest BCUT2D eigenvalue weighted by Crippen LogP contribution is 2.64. The number of aliphatic hydroxyl groups excluding tert-OH is 1. The van der Waals surface area contributed by atoms with Gasteiger partial charge in [-0.05, 0) is 42.6 Å². The lowest BCUT2D eigenvalue weighted by molar-refractivity contribution is -0.182. The third kappa shape index (κ3) is 2.05. The Morgan fingerprint density at radius 3 is 2.76 bits per heavy atom. The first kappa shape index (κ1) is 16.6. The molecule has 5 heteroatoms. The Bertz CT molecular complexity index is 732. The molecule has 2 fully saturated rings. The van der Waals surface area contributed by atoms with E-state index < -0.39 is 17.6 Å². The van der Waals surface area contributed by atoms with Gasteiger partial charge in [0.05, 0.1) is 17.9 Å². The van der Waals surface area contributed by atoms with Gasteiger partial charge in [-0.3, -0.25) is 0 Å². The minimum Gasteiger partial charge on any atom is -0.455 e. The highest BCUT2D eigenvalue weighted by atomic mass is 16.6. The number of carbonyl (C=O) groups excluding carboxylic acids is 2. The molecular weight excluding hydrogens is 320 g/mol. The zero-order valence-electron chi connectivity index (χ0n) is 14.8. The molecule has 4 rings (SSSR count). The van der Waals surface area contributed by atoms with Crippen molar-refractivity contribution in [3.63, 3.8) is 0 Å². The minimum atomic E-state index is -0.719. The number of rotatable bonds is 2. The summed E-state index contributed by atoms with van der Waals surface area (Å²) >= 11 is 0. The van der Waals surface area contributed by atoms with E-state index in [1.165, 1.54) is 6.26 Å². The maximum atomic E-state index is 12.3. The molecule has 2 aliphatic heterocycles. The standard InChI is InChI=1S/C20H24O5/c1-11-15(21)16-20(3)13(18(23)25-16)5-4-6-14(20)19(11,2)9-7-12-8-10-24-17(12)22/h5,7-8,10-11,14-16,21H,4,6,9H2,1-3H3/b12-7+/t11-,14+,15+,16+,19-,20-/m0/s1. The van der Waals surface area contributed by atoms with E-state index in [4.69, 9.17) is 9.47 Å². The number of ether oxygens (including phenoxy) is 2. The molecule has 2 aliphatic carbocycles. The van der Waals surface area contributed by atoms with Gasteiger partial charge in [0.15, 0.2) is 0 Å². The Hall–Kier alpha value is -1.88. The Labute approximate surface area is 147 Å². The van der Waals surface area contributed by atoms with E-state index >= 15 is 0 Å². The topological polar surface area (TPSA) is 72.8 Å². The van der Waals surface area contributed by atoms with Gasteiger partial charge in [0.25, 0.3) is 0 Å². The molecule has 6 atom stereocenters. The van der Waals surface area contributed by atoms with E-state index in [1.54, 1.807) is 6.08 Å². The molecule has 5 nitrogen and oxygen atoms in total. The van der Waals surface area contributed by atoms with Crippen LogP contribution in [0.15, 0.2) is 35.6 Å². The largest absolute Gasteiger partial charge is 0.455 e. The van der Waals surface area contributed by atoms with Crippen molar-refractivity contribution >= 4 is 11.9 Å². The monoisotopic (exact) mass is 344 g/mol. The maximum Gasteiger partial charge on any atom is 0.342 e. The van der Waals surface area contributed by atoms with Crippen LogP contribution in [-0.4, -0.2) is 29.3 Å². The number of allylic oxidation sites excluding steroid dienone is 2. The molecule has 4 aliphatic rings. The third-order valence-corrected chi connectivity index (χ3v) is 7.23. The normalized spacial score (nSPS) is 46.7. The molecule has 0 radical (unpaired) electrons. The SMILES string of the molecule is C[C@H]1[C@@H](O)[C@H]2OC(=O)C3=CCC[C@H]([C@@]1(C)C/C=C1\C=COC1=O)[C@]32C. The molecule has 1 N–H and O–H groups in total. The van der Waals surface area contributed by atoms with Gasteiger partial charge >= 0.3 is 11.9 Å². The van der Waals surface area contributed by atoms with Crippen LogP contribution in [-0.2, 0) is 19.1 Å². The number of carbonyl (C=O) groups is 2. The number of esters is 2. The summed E-state index contributed by atoms with van der Waals surface area (Å²) in [6.07, 6.45) is 8.21. The Balaban J connectivity index is 1.75. The van der Waals surface area contributed by atoms with Gasteiger partial charge in [-0.15, -0.1) is 0 Å². The van der Waals surface area contributed by atoms with Crippen LogP contribution in [0.5, 0.6) is 0 Å². The summed E-state index contributed by atoms with van der Waals surface area (Å²) in [5.74, 6) is -0.471. The van der Waals surface area contributed by atoms with E-state index in [9.17, 15) is 14.7 Å². The number of aliphatic hydroxyl groups is 1. The van der Waals surface area contributed by atoms with Crippen LogP contribution in [0.3, 0.4) is 0 Å². The van der Waals surface area contributed by atoms with Gasteiger partial charge in [-0.1, -0.05) is 32.9 Å². The first-order chi connectivity index (χ1) is 11.8. The minimum absolute atomic E-state index is 0.0564. The van der Waals surface area contributed by atoms with Crippen molar-refractivity contribution in [1.29, 1.82) is 0 Å². The van der Waals surface area contributed by atoms with Gasteiger partial charge in [-0.25, -0.2) is 9.59 Å². The van der Waals surface area contributed by atoms with Gasteiger partial charge in [0, 0.05) is 11.0 Å². The number of hydrogen-bond acceptors (Lipinski definition) is 5. The van der Waals surface area contributed by atoms with Crippen LogP contribution in [0.2, 0.25) is 0 Å². The van der Waals surface area contributed by atoms with Crippen molar-refractivity contribution in [3.8, 4) is 0 Å². The molecule has 134 valence electrons. The fraction of sp³-hybridized carbons (Fsp3) is 0.600. The van der Waals surface area contributed by atoms with E-state index in [2.05, 4.69) is 13.8 Å². The second-order valence-electron chi connectivity index (χ2n) is 8.21.